The third kappa shape index (κ3) is 6.03. The van der Waals surface area contributed by atoms with E-state index in [2.05, 4.69) is 27.5 Å². The molecule has 0 aliphatic rings. The van der Waals surface area contributed by atoms with Crippen molar-refractivity contribution in [1.29, 1.82) is 0 Å². The lowest BCUT2D eigenvalue weighted by Gasteiger charge is -2.07. The molecule has 1 heterocycles. The first-order valence-corrected chi connectivity index (χ1v) is 6.31. The first kappa shape index (κ1) is 14.2. The van der Waals surface area contributed by atoms with Crippen LogP contribution in [-0.4, -0.2) is 29.0 Å². The monoisotopic (exact) mass is 251 g/mol. The molecule has 0 bridgehead atoms. The molecule has 1 aromatic rings. The number of nitrogens with one attached hydrogen (secondary N) is 2. The van der Waals surface area contributed by atoms with Crippen molar-refractivity contribution in [3.63, 3.8) is 0 Å². The van der Waals surface area contributed by atoms with E-state index >= 15 is 0 Å². The van der Waals surface area contributed by atoms with Crippen molar-refractivity contribution in [2.75, 3.05) is 23.7 Å². The molecule has 1 aromatic heterocycles. The highest BCUT2D eigenvalue weighted by Gasteiger charge is 1.98. The van der Waals surface area contributed by atoms with Crippen molar-refractivity contribution in [3.05, 3.63) is 12.3 Å². The largest absolute Gasteiger partial charge is 0.370 e. The third-order valence-electron chi connectivity index (χ3n) is 2.34. The molecule has 6 heteroatoms. The lowest BCUT2D eigenvalue weighted by Crippen LogP contribution is -2.11. The van der Waals surface area contributed by atoms with Gasteiger partial charge in [-0.15, -0.1) is 0 Å². The molecule has 0 atom stereocenters. The molecule has 0 radical (unpaired) electrons. The molecule has 0 unspecified atom stereocenters. The van der Waals surface area contributed by atoms with Crippen LogP contribution in [0.2, 0.25) is 0 Å². The molecule has 0 aromatic carbocycles. The number of carbonyl (C=O) groups excluding carboxylic acids is 1. The standard InChI is InChI=1S/C12H21N5O/c1-2-7-15-12-16-9-6-11(17-12)14-8-4-3-5-10(13)18/h6,9H,2-5,7-8H2,1H3,(H2,13,18)(H2,14,15,16,17). The van der Waals surface area contributed by atoms with Crippen molar-refractivity contribution < 1.29 is 4.79 Å². The molecule has 4 N–H and O–H groups in total. The van der Waals surface area contributed by atoms with Gasteiger partial charge < -0.3 is 16.4 Å². The zero-order valence-electron chi connectivity index (χ0n) is 10.8. The van der Waals surface area contributed by atoms with Gasteiger partial charge in [0.05, 0.1) is 0 Å². The molecule has 18 heavy (non-hydrogen) atoms. The lowest BCUT2D eigenvalue weighted by molar-refractivity contribution is -0.118. The van der Waals surface area contributed by atoms with Gasteiger partial charge in [0.1, 0.15) is 5.82 Å². The van der Waals surface area contributed by atoms with E-state index < -0.39 is 0 Å². The molecule has 1 amide bonds. The van der Waals surface area contributed by atoms with Crippen molar-refractivity contribution in [2.45, 2.75) is 32.6 Å². The highest BCUT2D eigenvalue weighted by atomic mass is 16.1. The second-order valence-electron chi connectivity index (χ2n) is 4.04. The summed E-state index contributed by atoms with van der Waals surface area (Å²) < 4.78 is 0. The van der Waals surface area contributed by atoms with E-state index in [0.29, 0.717) is 12.4 Å². The van der Waals surface area contributed by atoms with Crippen LogP contribution in [0, 0.1) is 0 Å². The van der Waals surface area contributed by atoms with Gasteiger partial charge in [-0.05, 0) is 25.3 Å². The van der Waals surface area contributed by atoms with Crippen LogP contribution in [0.4, 0.5) is 11.8 Å². The predicted molar refractivity (Wildman–Crippen MR) is 72.3 cm³/mol. The van der Waals surface area contributed by atoms with E-state index in [9.17, 15) is 4.79 Å². The summed E-state index contributed by atoms with van der Waals surface area (Å²) in [5.41, 5.74) is 5.06. The Morgan fingerprint density at radius 1 is 1.33 bits per heavy atom. The fraction of sp³-hybridized carbons (Fsp3) is 0.583. The Hall–Kier alpha value is -1.85. The quantitative estimate of drug-likeness (QED) is 0.576. The number of rotatable bonds is 9. The number of anilines is 2. The third-order valence-corrected chi connectivity index (χ3v) is 2.34. The van der Waals surface area contributed by atoms with Crippen molar-refractivity contribution in [2.24, 2.45) is 5.73 Å². The van der Waals surface area contributed by atoms with Crippen LogP contribution in [0.25, 0.3) is 0 Å². The summed E-state index contributed by atoms with van der Waals surface area (Å²) in [5.74, 6) is 1.18. The number of unbranched alkanes of at least 4 members (excludes halogenated alkanes) is 1. The Balaban J connectivity index is 2.26. The predicted octanol–water partition coefficient (Wildman–Crippen LogP) is 1.37. The second-order valence-corrected chi connectivity index (χ2v) is 4.04. The fourth-order valence-corrected chi connectivity index (χ4v) is 1.42. The summed E-state index contributed by atoms with van der Waals surface area (Å²) in [5, 5.41) is 6.32. The molecular weight excluding hydrogens is 230 g/mol. The van der Waals surface area contributed by atoms with E-state index in [1.807, 2.05) is 6.07 Å². The Kier molecular flexibility index (Phi) is 6.53. The van der Waals surface area contributed by atoms with Gasteiger partial charge in [0.15, 0.2) is 0 Å². The molecule has 0 saturated heterocycles. The summed E-state index contributed by atoms with van der Waals surface area (Å²) in [6.07, 6.45) is 4.89. The number of aromatic nitrogens is 2. The zero-order valence-corrected chi connectivity index (χ0v) is 10.8. The average Bonchev–Trinajstić information content (AvgIpc) is 2.36. The highest BCUT2D eigenvalue weighted by Crippen LogP contribution is 2.06. The smallest absolute Gasteiger partial charge is 0.224 e. The summed E-state index contributed by atoms with van der Waals surface area (Å²) in [7, 11) is 0. The number of nitrogens with two attached hydrogens (primary N) is 1. The van der Waals surface area contributed by atoms with Gasteiger partial charge in [0.25, 0.3) is 0 Å². The van der Waals surface area contributed by atoms with E-state index in [1.54, 1.807) is 6.20 Å². The molecule has 1 rings (SSSR count). The first-order chi connectivity index (χ1) is 8.72. The minimum absolute atomic E-state index is 0.247. The molecule has 0 saturated carbocycles. The van der Waals surface area contributed by atoms with E-state index in [-0.39, 0.29) is 5.91 Å². The molecule has 0 fully saturated rings. The van der Waals surface area contributed by atoms with E-state index in [1.165, 1.54) is 0 Å². The van der Waals surface area contributed by atoms with Crippen molar-refractivity contribution in [1.82, 2.24) is 9.97 Å². The minimum atomic E-state index is -0.247. The van der Waals surface area contributed by atoms with Gasteiger partial charge in [0, 0.05) is 25.7 Å². The van der Waals surface area contributed by atoms with Crippen LogP contribution in [0.3, 0.4) is 0 Å². The second kappa shape index (κ2) is 8.27. The van der Waals surface area contributed by atoms with Gasteiger partial charge in [-0.2, -0.15) is 4.98 Å². The Morgan fingerprint density at radius 2 is 2.17 bits per heavy atom. The zero-order chi connectivity index (χ0) is 13.2. The number of amides is 1. The van der Waals surface area contributed by atoms with Crippen molar-refractivity contribution in [3.8, 4) is 0 Å². The summed E-state index contributed by atoms with van der Waals surface area (Å²) >= 11 is 0. The van der Waals surface area contributed by atoms with Crippen molar-refractivity contribution >= 4 is 17.7 Å². The summed E-state index contributed by atoms with van der Waals surface area (Å²) in [4.78, 5) is 19.0. The van der Waals surface area contributed by atoms with E-state index in [4.69, 9.17) is 5.73 Å². The highest BCUT2D eigenvalue weighted by molar-refractivity contribution is 5.73. The molecular formula is C12H21N5O. The van der Waals surface area contributed by atoms with Crippen LogP contribution < -0.4 is 16.4 Å². The van der Waals surface area contributed by atoms with Crippen LogP contribution in [-0.2, 0) is 4.79 Å². The average molecular weight is 251 g/mol. The van der Waals surface area contributed by atoms with Crippen LogP contribution in [0.1, 0.15) is 32.6 Å². The van der Waals surface area contributed by atoms with Gasteiger partial charge in [0.2, 0.25) is 11.9 Å². The number of nitrogens with zero attached hydrogens (tertiary/aromatic N) is 2. The first-order valence-electron chi connectivity index (χ1n) is 6.31. The van der Waals surface area contributed by atoms with Gasteiger partial charge in [-0.3, -0.25) is 4.79 Å². The van der Waals surface area contributed by atoms with Gasteiger partial charge in [-0.1, -0.05) is 6.92 Å². The number of hydrogen-bond acceptors (Lipinski definition) is 5. The molecule has 6 nitrogen and oxygen atoms in total. The number of primary amides is 1. The maximum atomic E-state index is 10.6. The van der Waals surface area contributed by atoms with Gasteiger partial charge >= 0.3 is 0 Å². The molecule has 0 aliphatic carbocycles. The normalized spacial score (nSPS) is 10.1. The number of hydrogen-bond donors (Lipinski definition) is 3. The lowest BCUT2D eigenvalue weighted by atomic mass is 10.2. The molecule has 0 spiro atoms. The van der Waals surface area contributed by atoms with Crippen LogP contribution in [0.5, 0.6) is 0 Å². The van der Waals surface area contributed by atoms with Crippen LogP contribution >= 0.6 is 0 Å². The number of carbonyl (C=O) groups is 1. The molecule has 100 valence electrons. The van der Waals surface area contributed by atoms with Crippen LogP contribution in [0.15, 0.2) is 12.3 Å². The summed E-state index contributed by atoms with van der Waals surface area (Å²) in [6.45, 7) is 3.73. The topological polar surface area (TPSA) is 92.9 Å². The SMILES string of the molecule is CCCNc1nccc(NCCCCC(N)=O)n1. The maximum absolute atomic E-state index is 10.6. The Morgan fingerprint density at radius 3 is 2.89 bits per heavy atom. The minimum Gasteiger partial charge on any atom is -0.370 e. The summed E-state index contributed by atoms with van der Waals surface area (Å²) in [6, 6.07) is 1.82. The Labute approximate surface area is 107 Å². The van der Waals surface area contributed by atoms with E-state index in [0.717, 1.165) is 38.2 Å². The van der Waals surface area contributed by atoms with Gasteiger partial charge in [-0.25, -0.2) is 4.98 Å². The Bertz CT molecular complexity index is 369. The fourth-order valence-electron chi connectivity index (χ4n) is 1.42. The molecule has 0 aliphatic heterocycles. The maximum Gasteiger partial charge on any atom is 0.224 e.